The minimum atomic E-state index is -4.05. The number of piperidine rings is 1. The summed E-state index contributed by atoms with van der Waals surface area (Å²) in [5.74, 6) is -1.78. The van der Waals surface area contributed by atoms with Gasteiger partial charge in [-0.05, 0) is 26.7 Å². The molecule has 1 aliphatic rings. The van der Waals surface area contributed by atoms with E-state index in [1.165, 1.54) is 0 Å². The monoisotopic (exact) mass is 294 g/mol. The molecule has 2 N–H and O–H groups in total. The van der Waals surface area contributed by atoms with Crippen LogP contribution in [0.4, 0.5) is 4.79 Å². The van der Waals surface area contributed by atoms with Gasteiger partial charge in [-0.2, -0.15) is 12.7 Å². The quantitative estimate of drug-likeness (QED) is 0.763. The number of carbonyl (C=O) groups is 2. The molecule has 1 amide bonds. The van der Waals surface area contributed by atoms with Crippen LogP contribution >= 0.6 is 0 Å². The van der Waals surface area contributed by atoms with Crippen LogP contribution in [0.3, 0.4) is 0 Å². The Morgan fingerprint density at radius 3 is 2.58 bits per heavy atom. The van der Waals surface area contributed by atoms with Crippen LogP contribution in [0, 0.1) is 5.92 Å². The molecule has 0 radical (unpaired) electrons. The van der Waals surface area contributed by atoms with Crippen LogP contribution in [-0.4, -0.2) is 49.1 Å². The molecular formula is C10H18N2O6S. The van der Waals surface area contributed by atoms with E-state index in [4.69, 9.17) is 5.11 Å². The minimum Gasteiger partial charge on any atom is -0.481 e. The zero-order valence-corrected chi connectivity index (χ0v) is 11.6. The molecule has 19 heavy (non-hydrogen) atoms. The molecule has 0 bridgehead atoms. The summed E-state index contributed by atoms with van der Waals surface area (Å²) < 4.78 is 31.1. The predicted molar refractivity (Wildman–Crippen MR) is 65.6 cm³/mol. The van der Waals surface area contributed by atoms with E-state index in [1.807, 2.05) is 0 Å². The smallest absolute Gasteiger partial charge is 0.422 e. The van der Waals surface area contributed by atoms with Gasteiger partial charge in [0.25, 0.3) is 0 Å². The van der Waals surface area contributed by atoms with E-state index in [-0.39, 0.29) is 13.1 Å². The molecule has 0 unspecified atom stereocenters. The first kappa shape index (κ1) is 15.7. The third kappa shape index (κ3) is 4.67. The molecule has 1 atom stereocenters. The Balaban J connectivity index is 2.66. The number of amides is 1. The summed E-state index contributed by atoms with van der Waals surface area (Å²) in [6.45, 7) is 3.23. The van der Waals surface area contributed by atoms with Crippen molar-refractivity contribution in [1.82, 2.24) is 9.03 Å². The van der Waals surface area contributed by atoms with Gasteiger partial charge in [0.05, 0.1) is 12.0 Å². The van der Waals surface area contributed by atoms with Crippen molar-refractivity contribution in [2.75, 3.05) is 13.1 Å². The number of carbonyl (C=O) groups excluding carboxylic acids is 1. The van der Waals surface area contributed by atoms with Crippen LogP contribution in [-0.2, 0) is 19.7 Å². The molecule has 0 aromatic rings. The molecule has 0 aromatic carbocycles. The van der Waals surface area contributed by atoms with Crippen LogP contribution in [0.1, 0.15) is 26.7 Å². The van der Waals surface area contributed by atoms with Crippen molar-refractivity contribution in [2.45, 2.75) is 32.8 Å². The number of ether oxygens (including phenoxy) is 1. The van der Waals surface area contributed by atoms with Crippen LogP contribution < -0.4 is 4.72 Å². The number of nitrogens with zero attached hydrogens (tertiary/aromatic N) is 1. The molecule has 8 nitrogen and oxygen atoms in total. The highest BCUT2D eigenvalue weighted by molar-refractivity contribution is 7.87. The molecule has 0 saturated carbocycles. The zero-order valence-electron chi connectivity index (χ0n) is 10.8. The largest absolute Gasteiger partial charge is 0.481 e. The standard InChI is InChI=1S/C10H18N2O6S/c1-7(2)18-10(15)11-19(16,17)12-5-3-4-8(6-12)9(13)14/h7-8H,3-6H2,1-2H3,(H,11,15)(H,13,14)/t8-/m0/s1. The van der Waals surface area contributed by atoms with Crippen LogP contribution in [0.2, 0.25) is 0 Å². The molecular weight excluding hydrogens is 276 g/mol. The van der Waals surface area contributed by atoms with Gasteiger partial charge in [0.2, 0.25) is 0 Å². The highest BCUT2D eigenvalue weighted by Crippen LogP contribution is 2.18. The summed E-state index contributed by atoms with van der Waals surface area (Å²) in [7, 11) is -4.05. The zero-order chi connectivity index (χ0) is 14.6. The molecule has 1 aliphatic heterocycles. The molecule has 9 heteroatoms. The average molecular weight is 294 g/mol. The Morgan fingerprint density at radius 2 is 2.05 bits per heavy atom. The Labute approximate surface area is 111 Å². The first-order chi connectivity index (χ1) is 8.72. The summed E-state index contributed by atoms with van der Waals surface area (Å²) in [4.78, 5) is 22.1. The van der Waals surface area contributed by atoms with E-state index in [1.54, 1.807) is 18.6 Å². The fraction of sp³-hybridized carbons (Fsp3) is 0.800. The maximum Gasteiger partial charge on any atom is 0.422 e. The summed E-state index contributed by atoms with van der Waals surface area (Å²) in [5.41, 5.74) is 0. The summed E-state index contributed by atoms with van der Waals surface area (Å²) in [6.07, 6.45) is -0.634. The van der Waals surface area contributed by atoms with E-state index in [2.05, 4.69) is 4.74 Å². The Kier molecular flexibility index (Phi) is 5.12. The van der Waals surface area contributed by atoms with Gasteiger partial charge >= 0.3 is 22.3 Å². The van der Waals surface area contributed by atoms with Crippen molar-refractivity contribution in [2.24, 2.45) is 5.92 Å². The second kappa shape index (κ2) is 6.20. The molecule has 0 aromatic heterocycles. The van der Waals surface area contributed by atoms with Crippen molar-refractivity contribution in [3.8, 4) is 0 Å². The minimum absolute atomic E-state index is 0.139. The first-order valence-corrected chi connectivity index (χ1v) is 7.37. The molecule has 110 valence electrons. The Hall–Kier alpha value is -1.35. The highest BCUT2D eigenvalue weighted by atomic mass is 32.2. The molecule has 1 fully saturated rings. The van der Waals surface area contributed by atoms with Gasteiger partial charge in [0.1, 0.15) is 0 Å². The van der Waals surface area contributed by atoms with Crippen LogP contribution in [0.15, 0.2) is 0 Å². The van der Waals surface area contributed by atoms with Gasteiger partial charge in [0.15, 0.2) is 0 Å². The normalized spacial score (nSPS) is 21.1. The van der Waals surface area contributed by atoms with Gasteiger partial charge in [-0.1, -0.05) is 0 Å². The molecule has 1 rings (SSSR count). The van der Waals surface area contributed by atoms with Gasteiger partial charge in [-0.15, -0.1) is 0 Å². The first-order valence-electron chi connectivity index (χ1n) is 5.93. The fourth-order valence-corrected chi connectivity index (χ4v) is 2.90. The number of aliphatic carboxylic acids is 1. The number of carboxylic acid groups (broad SMARTS) is 1. The highest BCUT2D eigenvalue weighted by Gasteiger charge is 2.33. The molecule has 1 saturated heterocycles. The van der Waals surface area contributed by atoms with E-state index in [9.17, 15) is 18.0 Å². The van der Waals surface area contributed by atoms with E-state index in [0.29, 0.717) is 12.8 Å². The van der Waals surface area contributed by atoms with Crippen molar-refractivity contribution in [3.05, 3.63) is 0 Å². The Bertz CT molecular complexity index is 447. The molecule has 0 spiro atoms. The summed E-state index contributed by atoms with van der Waals surface area (Å²) in [6, 6.07) is 0. The molecule has 0 aliphatic carbocycles. The Morgan fingerprint density at radius 1 is 1.42 bits per heavy atom. The lowest BCUT2D eigenvalue weighted by molar-refractivity contribution is -0.142. The topological polar surface area (TPSA) is 113 Å². The second-order valence-corrected chi connectivity index (χ2v) is 6.27. The van der Waals surface area contributed by atoms with Gasteiger partial charge in [-0.25, -0.2) is 9.52 Å². The number of carboxylic acids is 1. The van der Waals surface area contributed by atoms with Gasteiger partial charge < -0.3 is 9.84 Å². The second-order valence-electron chi connectivity index (χ2n) is 4.60. The summed E-state index contributed by atoms with van der Waals surface area (Å²) >= 11 is 0. The SMILES string of the molecule is CC(C)OC(=O)NS(=O)(=O)N1CCC[C@H](C(=O)O)C1. The van der Waals surface area contributed by atoms with Gasteiger partial charge in [-0.3, -0.25) is 4.79 Å². The predicted octanol–water partition coefficient (Wildman–Crippen LogP) is 0.162. The number of rotatable bonds is 4. The lowest BCUT2D eigenvalue weighted by Crippen LogP contribution is -2.49. The third-order valence-electron chi connectivity index (χ3n) is 2.63. The van der Waals surface area contributed by atoms with E-state index < -0.39 is 34.3 Å². The van der Waals surface area contributed by atoms with Crippen molar-refractivity contribution >= 4 is 22.3 Å². The number of hydrogen-bond acceptors (Lipinski definition) is 5. The fourth-order valence-electron chi connectivity index (χ4n) is 1.77. The third-order valence-corrected chi connectivity index (χ3v) is 4.06. The van der Waals surface area contributed by atoms with Crippen LogP contribution in [0.25, 0.3) is 0 Å². The summed E-state index contributed by atoms with van der Waals surface area (Å²) in [5, 5.41) is 8.89. The number of hydrogen-bond donors (Lipinski definition) is 2. The van der Waals surface area contributed by atoms with Crippen LogP contribution in [0.5, 0.6) is 0 Å². The lowest BCUT2D eigenvalue weighted by atomic mass is 10.0. The van der Waals surface area contributed by atoms with E-state index >= 15 is 0 Å². The number of nitrogens with one attached hydrogen (secondary N) is 1. The lowest BCUT2D eigenvalue weighted by Gasteiger charge is -2.29. The van der Waals surface area contributed by atoms with E-state index in [0.717, 1.165) is 4.31 Å². The maximum atomic E-state index is 11.9. The van der Waals surface area contributed by atoms with Crippen molar-refractivity contribution in [1.29, 1.82) is 0 Å². The van der Waals surface area contributed by atoms with Crippen molar-refractivity contribution in [3.63, 3.8) is 0 Å². The van der Waals surface area contributed by atoms with Crippen molar-refractivity contribution < 1.29 is 27.9 Å². The molecule has 1 heterocycles. The average Bonchev–Trinajstić information content (AvgIpc) is 2.27. The van der Waals surface area contributed by atoms with Gasteiger partial charge in [0, 0.05) is 13.1 Å². The maximum absolute atomic E-state index is 11.9.